The minimum Gasteiger partial charge on any atom is -0.481 e. The molecule has 0 saturated heterocycles. The van der Waals surface area contributed by atoms with Crippen molar-refractivity contribution in [2.75, 3.05) is 0 Å². The third-order valence-corrected chi connectivity index (χ3v) is 5.19. The number of carboxylic acids is 1. The normalized spacial score (nSPS) is 25.4. The van der Waals surface area contributed by atoms with Crippen LogP contribution in [0.2, 0.25) is 0 Å². The van der Waals surface area contributed by atoms with Crippen molar-refractivity contribution in [2.24, 2.45) is 11.8 Å². The fourth-order valence-corrected chi connectivity index (χ4v) is 3.81. The molecule has 2 N–H and O–H groups in total. The Morgan fingerprint density at radius 1 is 1.17 bits per heavy atom. The third-order valence-electron chi connectivity index (χ3n) is 5.19. The summed E-state index contributed by atoms with van der Waals surface area (Å²) < 4.78 is 2.09. The number of rotatable bonds is 5. The van der Waals surface area contributed by atoms with E-state index in [1.54, 1.807) is 6.33 Å². The van der Waals surface area contributed by atoms with Crippen LogP contribution in [0.1, 0.15) is 63.2 Å². The van der Waals surface area contributed by atoms with Crippen LogP contribution >= 0.6 is 0 Å². The Kier molecular flexibility index (Phi) is 4.93. The molecule has 7 nitrogen and oxygen atoms in total. The molecule has 0 aliphatic heterocycles. The lowest BCUT2D eigenvalue weighted by molar-refractivity contribution is -0.141. The van der Waals surface area contributed by atoms with Crippen LogP contribution in [0.5, 0.6) is 0 Å². The molecule has 0 radical (unpaired) electrons. The van der Waals surface area contributed by atoms with Gasteiger partial charge >= 0.3 is 5.97 Å². The highest BCUT2D eigenvalue weighted by Crippen LogP contribution is 2.31. The van der Waals surface area contributed by atoms with Crippen LogP contribution in [0.25, 0.3) is 0 Å². The van der Waals surface area contributed by atoms with Crippen LogP contribution < -0.4 is 5.32 Å². The van der Waals surface area contributed by atoms with Gasteiger partial charge in [0.05, 0.1) is 12.5 Å². The maximum absolute atomic E-state index is 12.2. The average molecular weight is 320 g/mol. The van der Waals surface area contributed by atoms with E-state index in [9.17, 15) is 9.59 Å². The summed E-state index contributed by atoms with van der Waals surface area (Å²) in [5.41, 5.74) is 0. The van der Waals surface area contributed by atoms with Gasteiger partial charge in [-0.3, -0.25) is 9.59 Å². The van der Waals surface area contributed by atoms with Gasteiger partial charge in [-0.05, 0) is 32.1 Å². The van der Waals surface area contributed by atoms with Crippen molar-refractivity contribution in [3.05, 3.63) is 12.2 Å². The topological polar surface area (TPSA) is 97.1 Å². The number of aromatic nitrogens is 3. The summed E-state index contributed by atoms with van der Waals surface area (Å²) in [5.74, 6) is -0.638. The number of aliphatic carboxylic acids is 1. The van der Waals surface area contributed by atoms with Crippen LogP contribution in [-0.4, -0.2) is 31.7 Å². The molecular formula is C16H24N4O3. The third kappa shape index (κ3) is 3.71. The minimum absolute atomic E-state index is 0.0630. The molecule has 1 aromatic heterocycles. The summed E-state index contributed by atoms with van der Waals surface area (Å²) in [5, 5.41) is 20.1. The van der Waals surface area contributed by atoms with Crippen molar-refractivity contribution in [1.82, 2.24) is 20.1 Å². The summed E-state index contributed by atoms with van der Waals surface area (Å²) in [6, 6.07) is 0.438. The van der Waals surface area contributed by atoms with Gasteiger partial charge in [0.2, 0.25) is 5.91 Å². The summed E-state index contributed by atoms with van der Waals surface area (Å²) in [7, 11) is 0. The molecule has 1 heterocycles. The standard InChI is InChI=1S/C16H24N4O3/c21-15(11-6-7-12(8-11)16(22)23)17-9-14-19-18-10-20(14)13-4-2-1-3-5-13/h10-13H,1-9H2,(H,17,21)(H,22,23)/t11-,12+/m0/s1. The number of hydrogen-bond donors (Lipinski definition) is 2. The highest BCUT2D eigenvalue weighted by atomic mass is 16.4. The van der Waals surface area contributed by atoms with Crippen molar-refractivity contribution in [3.63, 3.8) is 0 Å². The van der Waals surface area contributed by atoms with Crippen molar-refractivity contribution in [2.45, 2.75) is 64.0 Å². The van der Waals surface area contributed by atoms with Gasteiger partial charge in [-0.1, -0.05) is 19.3 Å². The van der Waals surface area contributed by atoms with Crippen molar-refractivity contribution in [1.29, 1.82) is 0 Å². The first-order valence-corrected chi connectivity index (χ1v) is 8.54. The maximum atomic E-state index is 12.2. The van der Waals surface area contributed by atoms with Gasteiger partial charge in [0, 0.05) is 12.0 Å². The predicted octanol–water partition coefficient (Wildman–Crippen LogP) is 1.90. The first-order valence-electron chi connectivity index (χ1n) is 8.54. The van der Waals surface area contributed by atoms with Crippen LogP contribution in [0.15, 0.2) is 6.33 Å². The highest BCUT2D eigenvalue weighted by molar-refractivity contribution is 5.80. The Labute approximate surface area is 135 Å². The molecule has 0 spiro atoms. The number of nitrogens with zero attached hydrogens (tertiary/aromatic N) is 3. The Morgan fingerprint density at radius 3 is 2.61 bits per heavy atom. The highest BCUT2D eigenvalue weighted by Gasteiger charge is 2.33. The molecule has 2 saturated carbocycles. The molecule has 0 aromatic carbocycles. The molecule has 0 bridgehead atoms. The van der Waals surface area contributed by atoms with Gasteiger partial charge in [-0.25, -0.2) is 0 Å². The summed E-state index contributed by atoms with van der Waals surface area (Å²) in [6.45, 7) is 0.365. The van der Waals surface area contributed by atoms with E-state index in [1.807, 2.05) is 0 Å². The van der Waals surface area contributed by atoms with E-state index >= 15 is 0 Å². The van der Waals surface area contributed by atoms with Crippen LogP contribution in [0, 0.1) is 11.8 Å². The van der Waals surface area contributed by atoms with Gasteiger partial charge in [0.25, 0.3) is 0 Å². The molecule has 1 aromatic rings. The van der Waals surface area contributed by atoms with Crippen molar-refractivity contribution >= 4 is 11.9 Å². The van der Waals surface area contributed by atoms with Gasteiger partial charge in [-0.15, -0.1) is 10.2 Å². The number of amides is 1. The maximum Gasteiger partial charge on any atom is 0.306 e. The number of carbonyl (C=O) groups excluding carboxylic acids is 1. The van der Waals surface area contributed by atoms with Gasteiger partial charge in [0.15, 0.2) is 5.82 Å². The number of carbonyl (C=O) groups is 2. The molecule has 126 valence electrons. The molecule has 2 aliphatic carbocycles. The Bertz CT molecular complexity index is 565. The van der Waals surface area contributed by atoms with E-state index in [0.717, 1.165) is 18.7 Å². The van der Waals surface area contributed by atoms with E-state index in [1.165, 1.54) is 19.3 Å². The summed E-state index contributed by atoms with van der Waals surface area (Å²) in [4.78, 5) is 23.2. The first-order chi connectivity index (χ1) is 11.1. The van der Waals surface area contributed by atoms with Gasteiger partial charge in [-0.2, -0.15) is 0 Å². The predicted molar refractivity (Wildman–Crippen MR) is 82.5 cm³/mol. The van der Waals surface area contributed by atoms with E-state index in [0.29, 0.717) is 31.8 Å². The molecule has 2 fully saturated rings. The lowest BCUT2D eigenvalue weighted by Crippen LogP contribution is -2.31. The quantitative estimate of drug-likeness (QED) is 0.863. The lowest BCUT2D eigenvalue weighted by Gasteiger charge is -2.24. The lowest BCUT2D eigenvalue weighted by atomic mass is 9.95. The largest absolute Gasteiger partial charge is 0.481 e. The van der Waals surface area contributed by atoms with Gasteiger partial charge < -0.3 is 15.0 Å². The fraction of sp³-hybridized carbons (Fsp3) is 0.750. The van der Waals surface area contributed by atoms with Crippen LogP contribution in [0.4, 0.5) is 0 Å². The number of nitrogens with one attached hydrogen (secondary N) is 1. The molecule has 3 rings (SSSR count). The fourth-order valence-electron chi connectivity index (χ4n) is 3.81. The zero-order valence-corrected chi connectivity index (χ0v) is 13.3. The number of hydrogen-bond acceptors (Lipinski definition) is 4. The van der Waals surface area contributed by atoms with Crippen molar-refractivity contribution in [3.8, 4) is 0 Å². The van der Waals surface area contributed by atoms with Crippen molar-refractivity contribution < 1.29 is 14.7 Å². The zero-order chi connectivity index (χ0) is 16.2. The van der Waals surface area contributed by atoms with E-state index in [4.69, 9.17) is 5.11 Å². The molecular weight excluding hydrogens is 296 g/mol. The molecule has 0 unspecified atom stereocenters. The molecule has 2 atom stereocenters. The molecule has 1 amide bonds. The number of carboxylic acid groups (broad SMARTS) is 1. The zero-order valence-electron chi connectivity index (χ0n) is 13.3. The minimum atomic E-state index is -0.794. The smallest absolute Gasteiger partial charge is 0.306 e. The van der Waals surface area contributed by atoms with E-state index in [2.05, 4.69) is 20.1 Å². The average Bonchev–Trinajstić information content (AvgIpc) is 3.22. The molecule has 23 heavy (non-hydrogen) atoms. The van der Waals surface area contributed by atoms with E-state index < -0.39 is 5.97 Å². The Balaban J connectivity index is 1.53. The van der Waals surface area contributed by atoms with Crippen LogP contribution in [0.3, 0.4) is 0 Å². The van der Waals surface area contributed by atoms with Gasteiger partial charge in [0.1, 0.15) is 6.33 Å². The second-order valence-corrected chi connectivity index (χ2v) is 6.71. The summed E-state index contributed by atoms with van der Waals surface area (Å²) in [6.07, 6.45) is 9.47. The molecule has 7 heteroatoms. The van der Waals surface area contributed by atoms with Crippen LogP contribution in [-0.2, 0) is 16.1 Å². The SMILES string of the molecule is O=C(O)[C@@H]1CC[C@H](C(=O)NCc2nncn2C2CCCCC2)C1. The Hall–Kier alpha value is -1.92. The monoisotopic (exact) mass is 320 g/mol. The molecule has 2 aliphatic rings. The van der Waals surface area contributed by atoms with E-state index in [-0.39, 0.29) is 17.7 Å². The first kappa shape index (κ1) is 16.0. The Morgan fingerprint density at radius 2 is 1.91 bits per heavy atom. The second kappa shape index (κ2) is 7.10. The summed E-state index contributed by atoms with van der Waals surface area (Å²) >= 11 is 0. The second-order valence-electron chi connectivity index (χ2n) is 6.71.